The lowest BCUT2D eigenvalue weighted by Crippen LogP contribution is -2.32. The van der Waals surface area contributed by atoms with E-state index in [2.05, 4.69) is 34.2 Å². The predicted octanol–water partition coefficient (Wildman–Crippen LogP) is 4.18. The van der Waals surface area contributed by atoms with E-state index >= 15 is 0 Å². The Hall–Kier alpha value is -0.0900. The molecule has 0 bridgehead atoms. The van der Waals surface area contributed by atoms with Crippen LogP contribution in [0.3, 0.4) is 0 Å². The smallest absolute Gasteiger partial charge is 0.0469 e. The van der Waals surface area contributed by atoms with Gasteiger partial charge in [-0.2, -0.15) is 0 Å². The zero-order valence-electron chi connectivity index (χ0n) is 10.6. The van der Waals surface area contributed by atoms with Crippen LogP contribution >= 0.6 is 27.5 Å². The molecule has 0 aromatic heterocycles. The highest BCUT2D eigenvalue weighted by Crippen LogP contribution is 2.35. The van der Waals surface area contributed by atoms with Crippen LogP contribution in [-0.2, 0) is 4.74 Å². The predicted molar refractivity (Wildman–Crippen MR) is 79.1 cm³/mol. The highest BCUT2D eigenvalue weighted by Gasteiger charge is 2.26. The molecule has 1 aromatic rings. The molecule has 1 saturated heterocycles. The summed E-state index contributed by atoms with van der Waals surface area (Å²) in [5.74, 6) is 0.635. The van der Waals surface area contributed by atoms with Crippen molar-refractivity contribution in [3.63, 3.8) is 0 Å². The lowest BCUT2D eigenvalue weighted by atomic mass is 9.87. The molecule has 100 valence electrons. The number of ether oxygens (including phenoxy) is 1. The molecular weight excluding hydrogens is 314 g/mol. The summed E-state index contributed by atoms with van der Waals surface area (Å²) in [4.78, 5) is 0. The van der Waals surface area contributed by atoms with Gasteiger partial charge in [-0.3, -0.25) is 0 Å². The molecule has 1 heterocycles. The van der Waals surface area contributed by atoms with Crippen LogP contribution in [-0.4, -0.2) is 19.8 Å². The molecule has 2 rings (SSSR count). The van der Waals surface area contributed by atoms with E-state index in [0.717, 1.165) is 42.1 Å². The molecule has 0 spiro atoms. The Morgan fingerprint density at radius 3 is 2.78 bits per heavy atom. The van der Waals surface area contributed by atoms with Crippen LogP contribution in [0.4, 0.5) is 0 Å². The zero-order valence-corrected chi connectivity index (χ0v) is 12.9. The first kappa shape index (κ1) is 14.3. The van der Waals surface area contributed by atoms with Crippen LogP contribution in [0.25, 0.3) is 0 Å². The van der Waals surface area contributed by atoms with E-state index in [0.29, 0.717) is 12.0 Å². The standard InChI is InChI=1S/C14H19BrClNO/c1-2-17-14(10-5-7-18-8-6-10)12-4-3-11(16)9-13(12)15/h3-4,9-10,14,17H,2,5-8H2,1H3. The van der Waals surface area contributed by atoms with Gasteiger partial charge in [-0.05, 0) is 43.0 Å². The lowest BCUT2D eigenvalue weighted by Gasteiger charge is -2.32. The van der Waals surface area contributed by atoms with Crippen molar-refractivity contribution < 1.29 is 4.74 Å². The van der Waals surface area contributed by atoms with Crippen LogP contribution < -0.4 is 5.32 Å². The number of benzene rings is 1. The molecule has 0 amide bonds. The van der Waals surface area contributed by atoms with Crippen molar-refractivity contribution in [3.05, 3.63) is 33.3 Å². The van der Waals surface area contributed by atoms with Crippen molar-refractivity contribution in [2.24, 2.45) is 5.92 Å². The summed E-state index contributed by atoms with van der Waals surface area (Å²) >= 11 is 9.64. The van der Waals surface area contributed by atoms with Crippen molar-refractivity contribution in [3.8, 4) is 0 Å². The molecule has 1 fully saturated rings. The molecule has 1 unspecified atom stereocenters. The monoisotopic (exact) mass is 331 g/mol. The van der Waals surface area contributed by atoms with Gasteiger partial charge in [-0.25, -0.2) is 0 Å². The van der Waals surface area contributed by atoms with Crippen molar-refractivity contribution in [2.75, 3.05) is 19.8 Å². The van der Waals surface area contributed by atoms with Gasteiger partial charge in [0.25, 0.3) is 0 Å². The maximum absolute atomic E-state index is 6.01. The van der Waals surface area contributed by atoms with E-state index in [4.69, 9.17) is 16.3 Å². The summed E-state index contributed by atoms with van der Waals surface area (Å²) in [5.41, 5.74) is 1.30. The Morgan fingerprint density at radius 1 is 1.44 bits per heavy atom. The molecule has 1 N–H and O–H groups in total. The molecule has 0 radical (unpaired) electrons. The summed E-state index contributed by atoms with van der Waals surface area (Å²) in [6.45, 7) is 4.86. The number of nitrogens with one attached hydrogen (secondary N) is 1. The Morgan fingerprint density at radius 2 is 2.17 bits per heavy atom. The third-order valence-corrected chi connectivity index (χ3v) is 4.38. The highest BCUT2D eigenvalue weighted by atomic mass is 79.9. The Labute approximate surface area is 122 Å². The summed E-state index contributed by atoms with van der Waals surface area (Å²) in [5, 5.41) is 4.37. The van der Waals surface area contributed by atoms with Crippen LogP contribution in [0.1, 0.15) is 31.4 Å². The maximum Gasteiger partial charge on any atom is 0.0469 e. The molecule has 2 nitrogen and oxygen atoms in total. The van der Waals surface area contributed by atoms with Gasteiger partial charge in [-0.1, -0.05) is 40.5 Å². The number of hydrogen-bond donors (Lipinski definition) is 1. The second-order valence-corrected chi connectivity index (χ2v) is 5.94. The molecule has 4 heteroatoms. The van der Waals surface area contributed by atoms with Crippen molar-refractivity contribution in [1.29, 1.82) is 0 Å². The lowest BCUT2D eigenvalue weighted by molar-refractivity contribution is 0.0537. The third-order valence-electron chi connectivity index (χ3n) is 3.46. The summed E-state index contributed by atoms with van der Waals surface area (Å²) in [6, 6.07) is 6.44. The number of hydrogen-bond acceptors (Lipinski definition) is 2. The maximum atomic E-state index is 6.01. The van der Waals surface area contributed by atoms with E-state index in [1.165, 1.54) is 5.56 Å². The molecule has 1 aliphatic heterocycles. The molecule has 18 heavy (non-hydrogen) atoms. The Balaban J connectivity index is 2.22. The Bertz CT molecular complexity index is 393. The quantitative estimate of drug-likeness (QED) is 0.893. The normalized spacial score (nSPS) is 18.8. The first-order valence-electron chi connectivity index (χ1n) is 6.48. The molecule has 0 saturated carbocycles. The minimum Gasteiger partial charge on any atom is -0.381 e. The second kappa shape index (κ2) is 6.90. The van der Waals surface area contributed by atoms with Gasteiger partial charge in [0.2, 0.25) is 0 Å². The van der Waals surface area contributed by atoms with E-state index in [9.17, 15) is 0 Å². The average Bonchev–Trinajstić information content (AvgIpc) is 2.38. The number of halogens is 2. The minimum absolute atomic E-state index is 0.380. The Kier molecular flexibility index (Phi) is 5.49. The third kappa shape index (κ3) is 3.47. The fourth-order valence-electron chi connectivity index (χ4n) is 2.55. The summed E-state index contributed by atoms with van der Waals surface area (Å²) < 4.78 is 6.54. The first-order valence-corrected chi connectivity index (χ1v) is 7.65. The second-order valence-electron chi connectivity index (χ2n) is 4.65. The van der Waals surface area contributed by atoms with Gasteiger partial charge in [-0.15, -0.1) is 0 Å². The van der Waals surface area contributed by atoms with E-state index in [1.54, 1.807) is 0 Å². The zero-order chi connectivity index (χ0) is 13.0. The van der Waals surface area contributed by atoms with Crippen LogP contribution in [0, 0.1) is 5.92 Å². The largest absolute Gasteiger partial charge is 0.381 e. The highest BCUT2D eigenvalue weighted by molar-refractivity contribution is 9.10. The summed E-state index contributed by atoms with van der Waals surface area (Å²) in [7, 11) is 0. The van der Waals surface area contributed by atoms with Gasteiger partial charge in [0.1, 0.15) is 0 Å². The van der Waals surface area contributed by atoms with Gasteiger partial charge in [0, 0.05) is 28.8 Å². The molecular formula is C14H19BrClNO. The van der Waals surface area contributed by atoms with Gasteiger partial charge in [0.05, 0.1) is 0 Å². The molecule has 1 aliphatic rings. The van der Waals surface area contributed by atoms with E-state index in [1.807, 2.05) is 12.1 Å². The SMILES string of the molecule is CCNC(c1ccc(Cl)cc1Br)C1CCOCC1. The molecule has 1 atom stereocenters. The summed E-state index contributed by atoms with van der Waals surface area (Å²) in [6.07, 6.45) is 2.24. The van der Waals surface area contributed by atoms with Gasteiger partial charge >= 0.3 is 0 Å². The minimum atomic E-state index is 0.380. The van der Waals surface area contributed by atoms with Crippen LogP contribution in [0.2, 0.25) is 5.02 Å². The molecule has 1 aromatic carbocycles. The molecule has 0 aliphatic carbocycles. The van der Waals surface area contributed by atoms with E-state index in [-0.39, 0.29) is 0 Å². The van der Waals surface area contributed by atoms with Gasteiger partial charge < -0.3 is 10.1 Å². The van der Waals surface area contributed by atoms with Crippen LogP contribution in [0.15, 0.2) is 22.7 Å². The first-order chi connectivity index (χ1) is 8.72. The topological polar surface area (TPSA) is 21.3 Å². The van der Waals surface area contributed by atoms with Crippen molar-refractivity contribution in [1.82, 2.24) is 5.32 Å². The fourth-order valence-corrected chi connectivity index (χ4v) is 3.48. The fraction of sp³-hybridized carbons (Fsp3) is 0.571. The van der Waals surface area contributed by atoms with Crippen molar-refractivity contribution >= 4 is 27.5 Å². The average molecular weight is 333 g/mol. The van der Waals surface area contributed by atoms with Crippen molar-refractivity contribution in [2.45, 2.75) is 25.8 Å². The van der Waals surface area contributed by atoms with Gasteiger partial charge in [0.15, 0.2) is 0 Å². The van der Waals surface area contributed by atoms with E-state index < -0.39 is 0 Å². The number of rotatable bonds is 4. The van der Waals surface area contributed by atoms with Crippen LogP contribution in [0.5, 0.6) is 0 Å².